The van der Waals surface area contributed by atoms with Gasteiger partial charge in [0.05, 0.1) is 5.75 Å². The summed E-state index contributed by atoms with van der Waals surface area (Å²) < 4.78 is 12.3. The zero-order chi connectivity index (χ0) is 21.0. The predicted molar refractivity (Wildman–Crippen MR) is 118 cm³/mol. The Bertz CT molecular complexity index is 1010. The summed E-state index contributed by atoms with van der Waals surface area (Å²) in [7, 11) is 0. The molecule has 1 heterocycles. The Morgan fingerprint density at radius 1 is 1.14 bits per heavy atom. The van der Waals surface area contributed by atoms with Crippen LogP contribution in [0.3, 0.4) is 0 Å². The standard InChI is InChI=1S/C21H22BrN3O3S/c1-12-6-5-7-17(15(12)4)27-10-19-24-25-21(28-19)29-11-18(26)23-20-13(2)8-16(22)9-14(20)3/h5-9H,10-11H2,1-4H3,(H,23,26). The first-order valence-corrected chi connectivity index (χ1v) is 10.8. The number of thioether (sulfide) groups is 1. The molecule has 0 saturated heterocycles. The number of hydrogen-bond donors (Lipinski definition) is 1. The van der Waals surface area contributed by atoms with Crippen molar-refractivity contribution in [1.82, 2.24) is 10.2 Å². The topological polar surface area (TPSA) is 77.2 Å². The lowest BCUT2D eigenvalue weighted by Crippen LogP contribution is -2.15. The van der Waals surface area contributed by atoms with Gasteiger partial charge in [-0.15, -0.1) is 10.2 Å². The van der Waals surface area contributed by atoms with E-state index in [1.165, 1.54) is 11.8 Å². The quantitative estimate of drug-likeness (QED) is 0.462. The molecule has 0 atom stereocenters. The van der Waals surface area contributed by atoms with E-state index >= 15 is 0 Å². The van der Waals surface area contributed by atoms with Gasteiger partial charge in [0.2, 0.25) is 5.91 Å². The van der Waals surface area contributed by atoms with Crippen molar-refractivity contribution in [1.29, 1.82) is 0 Å². The highest BCUT2D eigenvalue weighted by Crippen LogP contribution is 2.26. The number of amides is 1. The lowest BCUT2D eigenvalue weighted by molar-refractivity contribution is -0.113. The van der Waals surface area contributed by atoms with Crippen LogP contribution in [-0.2, 0) is 11.4 Å². The van der Waals surface area contributed by atoms with Crippen molar-refractivity contribution in [3.8, 4) is 5.75 Å². The van der Waals surface area contributed by atoms with Gasteiger partial charge in [-0.1, -0.05) is 39.8 Å². The van der Waals surface area contributed by atoms with Gasteiger partial charge in [0.25, 0.3) is 11.1 Å². The minimum Gasteiger partial charge on any atom is -0.484 e. The molecule has 1 N–H and O–H groups in total. The third-order valence-corrected chi connectivity index (χ3v) is 5.72. The molecule has 0 radical (unpaired) electrons. The van der Waals surface area contributed by atoms with Crippen LogP contribution < -0.4 is 10.1 Å². The molecular weight excluding hydrogens is 454 g/mol. The maximum absolute atomic E-state index is 12.3. The van der Waals surface area contributed by atoms with Gasteiger partial charge in [-0.2, -0.15) is 0 Å². The smallest absolute Gasteiger partial charge is 0.277 e. The zero-order valence-electron chi connectivity index (χ0n) is 16.7. The zero-order valence-corrected chi connectivity index (χ0v) is 19.1. The molecule has 152 valence electrons. The molecule has 0 saturated carbocycles. The first-order valence-electron chi connectivity index (χ1n) is 9.04. The average molecular weight is 476 g/mol. The Hall–Kier alpha value is -2.32. The van der Waals surface area contributed by atoms with Crippen molar-refractivity contribution >= 4 is 39.3 Å². The van der Waals surface area contributed by atoms with Crippen LogP contribution in [0.1, 0.15) is 28.1 Å². The van der Waals surface area contributed by atoms with E-state index in [1.807, 2.05) is 58.0 Å². The van der Waals surface area contributed by atoms with Crippen LogP contribution in [0.4, 0.5) is 5.69 Å². The number of carbonyl (C=O) groups is 1. The van der Waals surface area contributed by atoms with Crippen LogP contribution in [-0.4, -0.2) is 21.9 Å². The van der Waals surface area contributed by atoms with Gasteiger partial charge in [0.1, 0.15) is 5.75 Å². The number of nitrogens with one attached hydrogen (secondary N) is 1. The normalized spacial score (nSPS) is 10.8. The summed E-state index contributed by atoms with van der Waals surface area (Å²) in [6.07, 6.45) is 0. The molecule has 29 heavy (non-hydrogen) atoms. The van der Waals surface area contributed by atoms with Crippen LogP contribution in [0.15, 0.2) is 44.4 Å². The Labute approximate surface area is 182 Å². The third kappa shape index (κ3) is 5.61. The first kappa shape index (κ1) is 21.4. The van der Waals surface area contributed by atoms with E-state index in [9.17, 15) is 4.79 Å². The maximum Gasteiger partial charge on any atom is 0.277 e. The van der Waals surface area contributed by atoms with E-state index in [-0.39, 0.29) is 18.3 Å². The van der Waals surface area contributed by atoms with Gasteiger partial charge in [-0.05, 0) is 68.1 Å². The average Bonchev–Trinajstić information content (AvgIpc) is 3.12. The van der Waals surface area contributed by atoms with Gasteiger partial charge >= 0.3 is 0 Å². The van der Waals surface area contributed by atoms with E-state index in [2.05, 4.69) is 31.4 Å². The molecule has 0 spiro atoms. The fraction of sp³-hybridized carbons (Fsp3) is 0.286. The summed E-state index contributed by atoms with van der Waals surface area (Å²) in [5.74, 6) is 1.20. The SMILES string of the molecule is Cc1cccc(OCc2nnc(SCC(=O)Nc3c(C)cc(Br)cc3C)o2)c1C. The van der Waals surface area contributed by atoms with E-state index in [0.717, 1.165) is 38.2 Å². The second kappa shape index (κ2) is 9.45. The van der Waals surface area contributed by atoms with E-state index < -0.39 is 0 Å². The monoisotopic (exact) mass is 475 g/mol. The molecule has 6 nitrogen and oxygen atoms in total. The summed E-state index contributed by atoms with van der Waals surface area (Å²) >= 11 is 4.65. The second-order valence-electron chi connectivity index (χ2n) is 6.70. The minimum atomic E-state index is -0.130. The number of hydrogen-bond acceptors (Lipinski definition) is 6. The third-order valence-electron chi connectivity index (χ3n) is 4.44. The second-order valence-corrected chi connectivity index (χ2v) is 8.54. The minimum absolute atomic E-state index is 0.130. The molecular formula is C21H22BrN3O3S. The van der Waals surface area contributed by atoms with Gasteiger partial charge in [0.15, 0.2) is 6.61 Å². The predicted octanol–water partition coefficient (Wildman–Crippen LogP) is 5.38. The number of aromatic nitrogens is 2. The number of ether oxygens (including phenoxy) is 1. The number of carbonyl (C=O) groups excluding carboxylic acids is 1. The summed E-state index contributed by atoms with van der Waals surface area (Å²) in [5, 5.41) is 11.2. The molecule has 0 unspecified atom stereocenters. The summed E-state index contributed by atoms with van der Waals surface area (Å²) in [6, 6.07) is 9.82. The molecule has 2 aromatic carbocycles. The van der Waals surface area contributed by atoms with Gasteiger partial charge in [-0.3, -0.25) is 4.79 Å². The molecule has 0 fully saturated rings. The van der Waals surface area contributed by atoms with Crippen molar-refractivity contribution in [3.05, 3.63) is 62.9 Å². The Morgan fingerprint density at radius 2 is 1.86 bits per heavy atom. The molecule has 0 aliphatic heterocycles. The largest absolute Gasteiger partial charge is 0.484 e. The molecule has 1 aromatic heterocycles. The van der Waals surface area contributed by atoms with Crippen LogP contribution >= 0.6 is 27.7 Å². The van der Waals surface area contributed by atoms with E-state index in [1.54, 1.807) is 0 Å². The van der Waals surface area contributed by atoms with Gasteiger partial charge < -0.3 is 14.5 Å². The highest BCUT2D eigenvalue weighted by Gasteiger charge is 2.13. The Morgan fingerprint density at radius 3 is 2.59 bits per heavy atom. The fourth-order valence-corrected chi connectivity index (χ4v) is 4.05. The van der Waals surface area contributed by atoms with Crippen LogP contribution in [0, 0.1) is 27.7 Å². The number of benzene rings is 2. The maximum atomic E-state index is 12.3. The number of aryl methyl sites for hydroxylation is 3. The molecule has 3 aromatic rings. The molecule has 0 aliphatic rings. The number of nitrogens with zero attached hydrogens (tertiary/aromatic N) is 2. The highest BCUT2D eigenvalue weighted by atomic mass is 79.9. The fourth-order valence-electron chi connectivity index (χ4n) is 2.79. The molecule has 1 amide bonds. The Kier molecular flexibility index (Phi) is 6.97. The van der Waals surface area contributed by atoms with Gasteiger partial charge in [-0.25, -0.2) is 0 Å². The van der Waals surface area contributed by atoms with Crippen molar-refractivity contribution in [3.63, 3.8) is 0 Å². The van der Waals surface area contributed by atoms with E-state index in [0.29, 0.717) is 11.1 Å². The molecule has 0 bridgehead atoms. The lowest BCUT2D eigenvalue weighted by Gasteiger charge is -2.11. The van der Waals surface area contributed by atoms with Crippen LogP contribution in [0.5, 0.6) is 5.75 Å². The van der Waals surface area contributed by atoms with Crippen molar-refractivity contribution in [2.75, 3.05) is 11.1 Å². The van der Waals surface area contributed by atoms with Gasteiger partial charge in [0, 0.05) is 10.2 Å². The van der Waals surface area contributed by atoms with Crippen molar-refractivity contribution < 1.29 is 13.9 Å². The summed E-state index contributed by atoms with van der Waals surface area (Å²) in [5.41, 5.74) is 5.06. The number of rotatable bonds is 7. The van der Waals surface area contributed by atoms with Crippen molar-refractivity contribution in [2.24, 2.45) is 0 Å². The first-order chi connectivity index (χ1) is 13.8. The molecule has 0 aliphatic carbocycles. The molecule has 8 heteroatoms. The van der Waals surface area contributed by atoms with E-state index in [4.69, 9.17) is 9.15 Å². The Balaban J connectivity index is 1.53. The summed E-state index contributed by atoms with van der Waals surface area (Å²) in [6.45, 7) is 8.14. The number of anilines is 1. The van der Waals surface area contributed by atoms with Crippen LogP contribution in [0.2, 0.25) is 0 Å². The lowest BCUT2D eigenvalue weighted by atomic mass is 10.1. The highest BCUT2D eigenvalue weighted by molar-refractivity contribution is 9.10. The van der Waals surface area contributed by atoms with Crippen LogP contribution in [0.25, 0.3) is 0 Å². The van der Waals surface area contributed by atoms with Crippen molar-refractivity contribution in [2.45, 2.75) is 39.5 Å². The summed E-state index contributed by atoms with van der Waals surface area (Å²) in [4.78, 5) is 12.3. The number of halogens is 1. The molecule has 3 rings (SSSR count).